The van der Waals surface area contributed by atoms with Crippen molar-refractivity contribution in [2.24, 2.45) is 10.4 Å². The van der Waals surface area contributed by atoms with Crippen molar-refractivity contribution >= 4 is 11.7 Å². The van der Waals surface area contributed by atoms with E-state index in [2.05, 4.69) is 31.8 Å². The quantitative estimate of drug-likeness (QED) is 0.775. The Hall–Kier alpha value is -1.38. The first-order chi connectivity index (χ1) is 9.15. The topological polar surface area (TPSA) is 49.7 Å². The van der Waals surface area contributed by atoms with E-state index in [9.17, 15) is 4.79 Å². The molecule has 0 bridgehead atoms. The van der Waals surface area contributed by atoms with Crippen LogP contribution < -0.4 is 0 Å². The van der Waals surface area contributed by atoms with Crippen molar-refractivity contribution < 1.29 is 9.90 Å². The molecule has 1 N–H and O–H groups in total. The highest BCUT2D eigenvalue weighted by molar-refractivity contribution is 5.99. The molecule has 1 aliphatic rings. The lowest BCUT2D eigenvalue weighted by atomic mass is 9.72. The summed E-state index contributed by atoms with van der Waals surface area (Å²) in [6.07, 6.45) is 5.80. The number of allylic oxidation sites excluding steroid dienone is 4. The average molecular weight is 277 g/mol. The second-order valence-electron chi connectivity index (χ2n) is 6.49. The molecule has 20 heavy (non-hydrogen) atoms. The average Bonchev–Trinajstić information content (AvgIpc) is 2.33. The second-order valence-corrected chi connectivity index (χ2v) is 6.49. The van der Waals surface area contributed by atoms with Crippen LogP contribution in [0.5, 0.6) is 0 Å². The highest BCUT2D eigenvalue weighted by atomic mass is 16.4. The van der Waals surface area contributed by atoms with Crippen LogP contribution >= 0.6 is 0 Å². The van der Waals surface area contributed by atoms with Gasteiger partial charge in [0.25, 0.3) is 0 Å². The predicted molar refractivity (Wildman–Crippen MR) is 84.3 cm³/mol. The third kappa shape index (κ3) is 4.06. The van der Waals surface area contributed by atoms with Gasteiger partial charge in [0.2, 0.25) is 0 Å². The van der Waals surface area contributed by atoms with E-state index >= 15 is 0 Å². The molecule has 3 heteroatoms. The molecule has 0 amide bonds. The molecule has 0 unspecified atom stereocenters. The minimum Gasteiger partial charge on any atom is -0.480 e. The fraction of sp³-hybridized carbons (Fsp3) is 0.647. The van der Waals surface area contributed by atoms with Gasteiger partial charge in [0.15, 0.2) is 0 Å². The largest absolute Gasteiger partial charge is 0.480 e. The Labute approximate surface area is 122 Å². The number of hydrogen-bond donors (Lipinski definition) is 1. The zero-order chi connectivity index (χ0) is 15.5. The Morgan fingerprint density at radius 2 is 2.00 bits per heavy atom. The Balaban J connectivity index is 3.07. The molecule has 0 aromatic rings. The minimum absolute atomic E-state index is 0.197. The summed E-state index contributed by atoms with van der Waals surface area (Å²) in [7, 11) is 0. The number of carboxylic acid groups (broad SMARTS) is 1. The second kappa shape index (κ2) is 6.38. The lowest BCUT2D eigenvalue weighted by molar-refractivity contribution is -0.137. The van der Waals surface area contributed by atoms with E-state index in [0.29, 0.717) is 0 Å². The van der Waals surface area contributed by atoms with Crippen molar-refractivity contribution in [3.05, 3.63) is 22.8 Å². The van der Waals surface area contributed by atoms with E-state index in [1.165, 1.54) is 24.0 Å². The molecular formula is C17H27NO2. The van der Waals surface area contributed by atoms with Gasteiger partial charge in [0.1, 0.15) is 6.04 Å². The number of hydrogen-bond acceptors (Lipinski definition) is 2. The summed E-state index contributed by atoms with van der Waals surface area (Å²) in [5, 5.41) is 8.92. The standard InChI is InChI=1S/C17H27NO2/c1-11-8-7-9-17(5,6)15(11)10-12(2)13(3)18-14(4)16(19)20/h10,14H,7-9H2,1-6H3,(H,19,20)/t14-/m0/s1. The van der Waals surface area contributed by atoms with Gasteiger partial charge >= 0.3 is 5.97 Å². The maximum atomic E-state index is 10.9. The van der Waals surface area contributed by atoms with Crippen molar-refractivity contribution in [2.45, 2.75) is 66.8 Å². The Morgan fingerprint density at radius 3 is 2.50 bits per heavy atom. The third-order valence-electron chi connectivity index (χ3n) is 4.22. The highest BCUT2D eigenvalue weighted by Gasteiger charge is 2.27. The fourth-order valence-electron chi connectivity index (χ4n) is 2.73. The van der Waals surface area contributed by atoms with Crippen LogP contribution in [0.25, 0.3) is 0 Å². The van der Waals surface area contributed by atoms with E-state index in [1.807, 2.05) is 13.8 Å². The van der Waals surface area contributed by atoms with Gasteiger partial charge in [-0.25, -0.2) is 4.79 Å². The maximum Gasteiger partial charge on any atom is 0.328 e. The van der Waals surface area contributed by atoms with Crippen molar-refractivity contribution in [2.75, 3.05) is 0 Å². The Bertz CT molecular complexity index is 481. The van der Waals surface area contributed by atoms with Crippen molar-refractivity contribution in [1.82, 2.24) is 0 Å². The first-order valence-electron chi connectivity index (χ1n) is 7.31. The molecule has 0 saturated carbocycles. The summed E-state index contributed by atoms with van der Waals surface area (Å²) < 4.78 is 0. The summed E-state index contributed by atoms with van der Waals surface area (Å²) in [5.74, 6) is -0.884. The number of nitrogens with zero attached hydrogens (tertiary/aromatic N) is 1. The zero-order valence-corrected chi connectivity index (χ0v) is 13.6. The van der Waals surface area contributed by atoms with Crippen LogP contribution in [0.2, 0.25) is 0 Å². The van der Waals surface area contributed by atoms with E-state index in [4.69, 9.17) is 5.11 Å². The SMILES string of the molecule is CC(=CC1=C(C)CCCC1(C)C)C(C)=N[C@@H](C)C(=O)O. The van der Waals surface area contributed by atoms with E-state index < -0.39 is 12.0 Å². The predicted octanol–water partition coefficient (Wildman–Crippen LogP) is 4.39. The van der Waals surface area contributed by atoms with Crippen LogP contribution in [0.4, 0.5) is 0 Å². The van der Waals surface area contributed by atoms with Crippen molar-refractivity contribution in [1.29, 1.82) is 0 Å². The summed E-state index contributed by atoms with van der Waals surface area (Å²) in [6, 6.07) is -0.687. The molecule has 0 fully saturated rings. The number of rotatable bonds is 4. The Morgan fingerprint density at radius 1 is 1.40 bits per heavy atom. The van der Waals surface area contributed by atoms with Gasteiger partial charge in [-0.1, -0.05) is 25.5 Å². The van der Waals surface area contributed by atoms with Gasteiger partial charge in [0.05, 0.1) is 0 Å². The normalized spacial score (nSPS) is 21.9. The summed E-state index contributed by atoms with van der Waals surface area (Å²) >= 11 is 0. The van der Waals surface area contributed by atoms with Crippen LogP contribution in [0.3, 0.4) is 0 Å². The van der Waals surface area contributed by atoms with Gasteiger partial charge in [-0.05, 0) is 63.5 Å². The highest BCUT2D eigenvalue weighted by Crippen LogP contribution is 2.41. The number of aliphatic carboxylic acids is 1. The number of carboxylic acids is 1. The molecule has 0 heterocycles. The first-order valence-corrected chi connectivity index (χ1v) is 7.31. The molecule has 0 saturated heterocycles. The molecule has 3 nitrogen and oxygen atoms in total. The summed E-state index contributed by atoms with van der Waals surface area (Å²) in [4.78, 5) is 15.1. The van der Waals surface area contributed by atoms with Crippen LogP contribution in [-0.2, 0) is 4.79 Å². The van der Waals surface area contributed by atoms with Gasteiger partial charge in [0, 0.05) is 5.71 Å². The summed E-state index contributed by atoms with van der Waals surface area (Å²) in [6.45, 7) is 12.3. The smallest absolute Gasteiger partial charge is 0.328 e. The van der Waals surface area contributed by atoms with Crippen LogP contribution in [0.1, 0.15) is 60.8 Å². The first kappa shape index (κ1) is 16.7. The molecule has 1 atom stereocenters. The fourth-order valence-corrected chi connectivity index (χ4v) is 2.73. The molecule has 1 rings (SSSR count). The van der Waals surface area contributed by atoms with E-state index in [-0.39, 0.29) is 5.41 Å². The van der Waals surface area contributed by atoms with Gasteiger partial charge in [-0.15, -0.1) is 0 Å². The number of carbonyl (C=O) groups is 1. The molecule has 0 aromatic heterocycles. The van der Waals surface area contributed by atoms with Gasteiger partial charge < -0.3 is 5.11 Å². The van der Waals surface area contributed by atoms with Gasteiger partial charge in [-0.2, -0.15) is 0 Å². The van der Waals surface area contributed by atoms with Crippen LogP contribution in [0, 0.1) is 5.41 Å². The van der Waals surface area contributed by atoms with Crippen LogP contribution in [0.15, 0.2) is 27.8 Å². The van der Waals surface area contributed by atoms with Crippen LogP contribution in [-0.4, -0.2) is 22.8 Å². The maximum absolute atomic E-state index is 10.9. The summed E-state index contributed by atoms with van der Waals surface area (Å²) in [5.41, 5.74) is 4.89. The number of aliphatic imine (C=N–C) groups is 1. The Kier molecular flexibility index (Phi) is 5.32. The molecule has 0 aromatic carbocycles. The molecule has 1 aliphatic carbocycles. The van der Waals surface area contributed by atoms with Crippen molar-refractivity contribution in [3.8, 4) is 0 Å². The molecular weight excluding hydrogens is 250 g/mol. The monoisotopic (exact) mass is 277 g/mol. The molecule has 0 aliphatic heterocycles. The van der Waals surface area contributed by atoms with Gasteiger partial charge in [-0.3, -0.25) is 4.99 Å². The molecule has 0 spiro atoms. The third-order valence-corrected chi connectivity index (χ3v) is 4.22. The molecule has 112 valence electrons. The lowest BCUT2D eigenvalue weighted by Gasteiger charge is -2.33. The van der Waals surface area contributed by atoms with E-state index in [1.54, 1.807) is 6.92 Å². The lowest BCUT2D eigenvalue weighted by Crippen LogP contribution is -2.20. The minimum atomic E-state index is -0.884. The van der Waals surface area contributed by atoms with Crippen molar-refractivity contribution in [3.63, 3.8) is 0 Å². The van der Waals surface area contributed by atoms with E-state index in [0.717, 1.165) is 17.7 Å². The zero-order valence-electron chi connectivity index (χ0n) is 13.6. The molecule has 0 radical (unpaired) electrons.